The molecule has 0 saturated carbocycles. The molecule has 2 N–H and O–H groups in total. The molecule has 0 aromatic heterocycles. The minimum absolute atomic E-state index is 0.0622. The molecule has 0 saturated heterocycles. The number of alkyl halides is 2. The van der Waals surface area contributed by atoms with E-state index in [1.165, 1.54) is 18.2 Å². The van der Waals surface area contributed by atoms with Gasteiger partial charge in [0.1, 0.15) is 11.5 Å². The van der Waals surface area contributed by atoms with E-state index < -0.39 is 12.0 Å². The number of nitrogens with one attached hydrogen (secondary N) is 1. The average Bonchev–Trinajstić information content (AvgIpc) is 3.06. The molecule has 2 aromatic carbocycles. The predicted octanol–water partition coefficient (Wildman–Crippen LogP) is 5.71. The van der Waals surface area contributed by atoms with Crippen LogP contribution in [-0.2, 0) is 0 Å². The standard InChI is InChI=1S/C23H24F2N2O3S/c1-15-13-27(16-8-10-17(11-9-16)30-22(24)25)20(31-15)12-23(2,3)14-26-21(29)18-6-4-5-7-19(18)28/h4-13,22,28H,14H2,1-3H3,(H,26,29). The second kappa shape index (κ2) is 9.43. The zero-order chi connectivity index (χ0) is 22.6. The van der Waals surface area contributed by atoms with Gasteiger partial charge in [-0.1, -0.05) is 37.7 Å². The molecule has 1 aliphatic heterocycles. The number of phenolic OH excluding ortho intramolecular Hbond substituents is 1. The van der Waals surface area contributed by atoms with Crippen LogP contribution in [0, 0.1) is 5.41 Å². The van der Waals surface area contributed by atoms with Crippen molar-refractivity contribution in [2.75, 3.05) is 11.4 Å². The number of amides is 1. The van der Waals surface area contributed by atoms with Crippen LogP contribution in [0.3, 0.4) is 0 Å². The van der Waals surface area contributed by atoms with E-state index in [4.69, 9.17) is 0 Å². The van der Waals surface area contributed by atoms with E-state index >= 15 is 0 Å². The van der Waals surface area contributed by atoms with E-state index in [1.54, 1.807) is 42.1 Å². The maximum Gasteiger partial charge on any atom is 0.387 e. The van der Waals surface area contributed by atoms with Crippen LogP contribution in [-0.4, -0.2) is 24.2 Å². The van der Waals surface area contributed by atoms with E-state index in [0.717, 1.165) is 15.6 Å². The number of ether oxygens (including phenoxy) is 1. The second-order valence-corrected chi connectivity index (χ2v) is 9.02. The Morgan fingerprint density at radius 1 is 1.23 bits per heavy atom. The molecule has 1 amide bonds. The Hall–Kier alpha value is -3.00. The number of anilines is 1. The number of halogens is 2. The number of carbonyl (C=O) groups is 1. The molecule has 5 nitrogen and oxygen atoms in total. The first-order valence-electron chi connectivity index (χ1n) is 9.64. The topological polar surface area (TPSA) is 61.8 Å². The molecule has 0 unspecified atom stereocenters. The highest BCUT2D eigenvalue weighted by Crippen LogP contribution is 2.41. The number of hydrogen-bond acceptors (Lipinski definition) is 5. The molecule has 3 rings (SSSR count). The van der Waals surface area contributed by atoms with Crippen LogP contribution < -0.4 is 15.0 Å². The number of rotatable bonds is 7. The van der Waals surface area contributed by atoms with Gasteiger partial charge >= 0.3 is 6.61 Å². The van der Waals surface area contributed by atoms with Crippen molar-refractivity contribution in [3.8, 4) is 11.5 Å². The largest absolute Gasteiger partial charge is 0.507 e. The minimum atomic E-state index is -2.86. The zero-order valence-corrected chi connectivity index (χ0v) is 18.2. The molecule has 8 heteroatoms. The fraction of sp³-hybridized carbons (Fsp3) is 0.261. The number of thioether (sulfide) groups is 1. The summed E-state index contributed by atoms with van der Waals surface area (Å²) in [5, 5.41) is 13.7. The van der Waals surface area contributed by atoms with E-state index in [0.29, 0.717) is 6.54 Å². The summed E-state index contributed by atoms with van der Waals surface area (Å²) in [4.78, 5) is 15.5. The van der Waals surface area contributed by atoms with Crippen molar-refractivity contribution < 1.29 is 23.4 Å². The van der Waals surface area contributed by atoms with Crippen molar-refractivity contribution in [1.82, 2.24) is 5.32 Å². The lowest BCUT2D eigenvalue weighted by Crippen LogP contribution is -2.33. The van der Waals surface area contributed by atoms with Crippen LogP contribution in [0.5, 0.6) is 11.5 Å². The smallest absolute Gasteiger partial charge is 0.387 e. The molecule has 2 aromatic rings. The first-order valence-corrected chi connectivity index (χ1v) is 10.5. The van der Waals surface area contributed by atoms with Gasteiger partial charge in [-0.3, -0.25) is 4.79 Å². The summed E-state index contributed by atoms with van der Waals surface area (Å²) in [5.41, 5.74) is 0.648. The maximum atomic E-state index is 12.4. The van der Waals surface area contributed by atoms with Crippen LogP contribution in [0.25, 0.3) is 0 Å². The Labute approximate surface area is 184 Å². The number of aromatic hydroxyl groups is 1. The number of benzene rings is 2. The third-order valence-corrected chi connectivity index (χ3v) is 5.47. The summed E-state index contributed by atoms with van der Waals surface area (Å²) in [5.74, 6) is -0.304. The summed E-state index contributed by atoms with van der Waals surface area (Å²) >= 11 is 1.59. The summed E-state index contributed by atoms with van der Waals surface area (Å²) < 4.78 is 29.2. The molecule has 0 spiro atoms. The van der Waals surface area contributed by atoms with E-state index in [9.17, 15) is 18.7 Å². The first kappa shape index (κ1) is 22.7. The molecular formula is C23H24F2N2O3S. The fourth-order valence-corrected chi connectivity index (χ4v) is 4.15. The van der Waals surface area contributed by atoms with Crippen molar-refractivity contribution in [3.63, 3.8) is 0 Å². The highest BCUT2D eigenvalue weighted by Gasteiger charge is 2.25. The Morgan fingerprint density at radius 2 is 1.90 bits per heavy atom. The molecule has 0 aliphatic carbocycles. The van der Waals surface area contributed by atoms with Crippen LogP contribution in [0.2, 0.25) is 0 Å². The lowest BCUT2D eigenvalue weighted by Gasteiger charge is -2.25. The van der Waals surface area contributed by atoms with E-state index in [1.807, 2.05) is 31.9 Å². The molecule has 1 aliphatic rings. The highest BCUT2D eigenvalue weighted by molar-refractivity contribution is 8.07. The minimum Gasteiger partial charge on any atom is -0.507 e. The van der Waals surface area contributed by atoms with E-state index in [-0.39, 0.29) is 23.0 Å². The summed E-state index contributed by atoms with van der Waals surface area (Å²) in [7, 11) is 0. The first-order chi connectivity index (χ1) is 14.6. The van der Waals surface area contributed by atoms with Gasteiger partial charge in [0.05, 0.1) is 10.6 Å². The molecule has 0 radical (unpaired) electrons. The predicted molar refractivity (Wildman–Crippen MR) is 119 cm³/mol. The van der Waals surface area contributed by atoms with Crippen LogP contribution in [0.15, 0.2) is 70.7 Å². The number of nitrogens with zero attached hydrogens (tertiary/aromatic N) is 1. The number of phenols is 1. The Morgan fingerprint density at radius 3 is 2.55 bits per heavy atom. The van der Waals surface area contributed by atoms with Gasteiger partial charge in [0.2, 0.25) is 0 Å². The number of para-hydroxylation sites is 1. The van der Waals surface area contributed by atoms with Gasteiger partial charge in [0.25, 0.3) is 5.91 Å². The Kier molecular flexibility index (Phi) is 6.90. The van der Waals surface area contributed by atoms with Crippen LogP contribution in [0.1, 0.15) is 31.1 Å². The van der Waals surface area contributed by atoms with Crippen molar-refractivity contribution in [2.24, 2.45) is 5.41 Å². The lowest BCUT2D eigenvalue weighted by atomic mass is 9.93. The quantitative estimate of drug-likeness (QED) is 0.571. The number of allylic oxidation sites excluding steroid dienone is 1. The summed E-state index contributed by atoms with van der Waals surface area (Å²) in [6.07, 6.45) is 4.02. The Bertz CT molecular complexity index is 1000. The highest BCUT2D eigenvalue weighted by atomic mass is 32.2. The molecule has 0 bridgehead atoms. The Balaban J connectivity index is 1.72. The van der Waals surface area contributed by atoms with Gasteiger partial charge in [0.15, 0.2) is 0 Å². The van der Waals surface area contributed by atoms with Crippen molar-refractivity contribution in [3.05, 3.63) is 76.3 Å². The van der Waals surface area contributed by atoms with Gasteiger partial charge in [0, 0.05) is 28.8 Å². The van der Waals surface area contributed by atoms with Crippen LogP contribution in [0.4, 0.5) is 14.5 Å². The molecular weight excluding hydrogens is 422 g/mol. The molecule has 0 fully saturated rings. The van der Waals surface area contributed by atoms with Gasteiger partial charge in [-0.2, -0.15) is 8.78 Å². The molecule has 164 valence electrons. The zero-order valence-electron chi connectivity index (χ0n) is 17.4. The van der Waals surface area contributed by atoms with Crippen molar-refractivity contribution in [2.45, 2.75) is 27.4 Å². The third kappa shape index (κ3) is 6.01. The van der Waals surface area contributed by atoms with Gasteiger partial charge in [-0.15, -0.1) is 0 Å². The normalized spacial score (nSPS) is 15.4. The van der Waals surface area contributed by atoms with Gasteiger partial charge < -0.3 is 20.1 Å². The number of hydrogen-bond donors (Lipinski definition) is 2. The summed E-state index contributed by atoms with van der Waals surface area (Å²) in [6.45, 7) is 3.48. The average molecular weight is 447 g/mol. The second-order valence-electron chi connectivity index (χ2n) is 7.76. The van der Waals surface area contributed by atoms with Crippen LogP contribution >= 0.6 is 11.8 Å². The van der Waals surface area contributed by atoms with Crippen molar-refractivity contribution in [1.29, 1.82) is 0 Å². The lowest BCUT2D eigenvalue weighted by molar-refractivity contribution is -0.0498. The molecule has 0 atom stereocenters. The van der Waals surface area contributed by atoms with Gasteiger partial charge in [-0.05, 0) is 49.4 Å². The molecule has 1 heterocycles. The van der Waals surface area contributed by atoms with Gasteiger partial charge in [-0.25, -0.2) is 0 Å². The maximum absolute atomic E-state index is 12.4. The molecule has 31 heavy (non-hydrogen) atoms. The third-order valence-electron chi connectivity index (χ3n) is 4.52. The van der Waals surface area contributed by atoms with E-state index in [2.05, 4.69) is 16.1 Å². The SMILES string of the molecule is CC1=CN(c2ccc(OC(F)F)cc2)C(=CC(C)(C)CNC(=O)c2ccccc2O)S1. The van der Waals surface area contributed by atoms with Crippen molar-refractivity contribution >= 4 is 23.4 Å². The monoisotopic (exact) mass is 446 g/mol. The number of carbonyl (C=O) groups excluding carboxylic acids is 1. The summed E-state index contributed by atoms with van der Waals surface area (Å²) in [6, 6.07) is 12.8. The fourth-order valence-electron chi connectivity index (χ4n) is 3.03.